The van der Waals surface area contributed by atoms with Gasteiger partial charge in [-0.3, -0.25) is 4.99 Å². The van der Waals surface area contributed by atoms with Gasteiger partial charge in [0.1, 0.15) is 0 Å². The number of ether oxygens (including phenoxy) is 1. The predicted molar refractivity (Wildman–Crippen MR) is 118 cm³/mol. The average molecular weight is 475 g/mol. The summed E-state index contributed by atoms with van der Waals surface area (Å²) in [6.07, 6.45) is 5.72. The maximum Gasteiger partial charge on any atom is 0.191 e. The number of halogens is 1. The molecular weight excluding hydrogens is 441 g/mol. The van der Waals surface area contributed by atoms with Crippen LogP contribution in [0.2, 0.25) is 0 Å². The molecule has 0 bridgehead atoms. The second-order valence-corrected chi connectivity index (χ2v) is 6.66. The highest BCUT2D eigenvalue weighted by atomic mass is 127. The molecule has 1 aromatic carbocycles. The number of benzene rings is 1. The van der Waals surface area contributed by atoms with E-state index < -0.39 is 0 Å². The van der Waals surface area contributed by atoms with Crippen molar-refractivity contribution in [3.63, 3.8) is 0 Å². The van der Waals surface area contributed by atoms with E-state index in [1.807, 2.05) is 18.2 Å². The van der Waals surface area contributed by atoms with Gasteiger partial charge >= 0.3 is 0 Å². The molecule has 1 aromatic rings. The Hall–Kier alpha value is -0.860. The lowest BCUT2D eigenvalue weighted by atomic mass is 9.93. The quantitative estimate of drug-likeness (QED) is 0.222. The summed E-state index contributed by atoms with van der Waals surface area (Å²) in [5.74, 6) is 0.897. The number of nitrogens with zero attached hydrogens (tertiary/aromatic N) is 1. The van der Waals surface area contributed by atoms with Gasteiger partial charge in [0.2, 0.25) is 0 Å². The minimum atomic E-state index is -0.117. The third kappa shape index (κ3) is 9.73. The Morgan fingerprint density at radius 3 is 2.58 bits per heavy atom. The van der Waals surface area contributed by atoms with Crippen LogP contribution in [0, 0.1) is 0 Å². The highest BCUT2D eigenvalue weighted by Crippen LogP contribution is 2.18. The van der Waals surface area contributed by atoms with Crippen molar-refractivity contribution in [3.8, 4) is 0 Å². The Morgan fingerprint density at radius 1 is 1.15 bits per heavy atom. The molecule has 0 spiro atoms. The number of aliphatic hydroxyl groups is 1. The first-order valence-electron chi connectivity index (χ1n) is 9.62. The number of unbranched alkanes of at least 4 members (excludes halogenated alkanes) is 1. The lowest BCUT2D eigenvalue weighted by molar-refractivity contribution is 0.117. The van der Waals surface area contributed by atoms with E-state index in [0.29, 0.717) is 12.6 Å². The molecule has 0 heterocycles. The Labute approximate surface area is 175 Å². The highest BCUT2D eigenvalue weighted by molar-refractivity contribution is 14.0. The molecular formula is C20H34IN3O2. The maximum atomic E-state index is 9.60. The number of aliphatic imine (C=N–C) groups is 1. The number of hydrogen-bond acceptors (Lipinski definition) is 3. The van der Waals surface area contributed by atoms with Crippen molar-refractivity contribution >= 4 is 29.9 Å². The number of nitrogens with one attached hydrogen (secondary N) is 2. The van der Waals surface area contributed by atoms with Gasteiger partial charge in [-0.05, 0) is 51.0 Å². The van der Waals surface area contributed by atoms with Crippen LogP contribution >= 0.6 is 24.0 Å². The van der Waals surface area contributed by atoms with Crippen molar-refractivity contribution in [2.45, 2.75) is 64.2 Å². The van der Waals surface area contributed by atoms with E-state index in [4.69, 9.17) is 4.74 Å². The summed E-state index contributed by atoms with van der Waals surface area (Å²) in [5.41, 5.74) is 1.22. The zero-order valence-corrected chi connectivity index (χ0v) is 18.2. The van der Waals surface area contributed by atoms with Crippen molar-refractivity contribution in [2.24, 2.45) is 4.99 Å². The largest absolute Gasteiger partial charge is 0.393 e. The summed E-state index contributed by atoms with van der Waals surface area (Å²) < 4.78 is 5.70. The SMILES string of the molecule is CCNC(=NCCCCOCc1ccccc1)NC1CCC(O)CC1.I. The molecule has 5 nitrogen and oxygen atoms in total. The van der Waals surface area contributed by atoms with Gasteiger partial charge in [0.05, 0.1) is 12.7 Å². The van der Waals surface area contributed by atoms with Crippen LogP contribution in [-0.4, -0.2) is 42.9 Å². The molecule has 1 aliphatic rings. The zero-order chi connectivity index (χ0) is 17.7. The van der Waals surface area contributed by atoms with Crippen LogP contribution in [0.3, 0.4) is 0 Å². The van der Waals surface area contributed by atoms with Crippen LogP contribution in [0.1, 0.15) is 51.0 Å². The van der Waals surface area contributed by atoms with Crippen LogP contribution in [-0.2, 0) is 11.3 Å². The maximum absolute atomic E-state index is 9.60. The van der Waals surface area contributed by atoms with Gasteiger partial charge in [0.25, 0.3) is 0 Å². The first-order valence-corrected chi connectivity index (χ1v) is 9.62. The molecule has 0 unspecified atom stereocenters. The summed E-state index contributed by atoms with van der Waals surface area (Å²) in [6.45, 7) is 5.21. The van der Waals surface area contributed by atoms with E-state index in [1.54, 1.807) is 0 Å². The molecule has 1 fully saturated rings. The van der Waals surface area contributed by atoms with E-state index in [2.05, 4.69) is 34.7 Å². The molecule has 26 heavy (non-hydrogen) atoms. The molecule has 1 saturated carbocycles. The smallest absolute Gasteiger partial charge is 0.191 e. The van der Waals surface area contributed by atoms with E-state index >= 15 is 0 Å². The molecule has 0 radical (unpaired) electrons. The Bertz CT molecular complexity index is 491. The molecule has 3 N–H and O–H groups in total. The second-order valence-electron chi connectivity index (χ2n) is 6.66. The fraction of sp³-hybridized carbons (Fsp3) is 0.650. The number of aliphatic hydroxyl groups excluding tert-OH is 1. The van der Waals surface area contributed by atoms with Crippen LogP contribution < -0.4 is 10.6 Å². The van der Waals surface area contributed by atoms with Crippen LogP contribution in [0.5, 0.6) is 0 Å². The summed E-state index contributed by atoms with van der Waals surface area (Å²) in [4.78, 5) is 4.66. The summed E-state index contributed by atoms with van der Waals surface area (Å²) >= 11 is 0. The van der Waals surface area contributed by atoms with Crippen molar-refractivity contribution < 1.29 is 9.84 Å². The Balaban J connectivity index is 0.00000338. The number of hydrogen-bond donors (Lipinski definition) is 3. The van der Waals surface area contributed by atoms with Crippen molar-refractivity contribution in [1.29, 1.82) is 0 Å². The fourth-order valence-corrected chi connectivity index (χ4v) is 3.00. The molecule has 1 aliphatic carbocycles. The monoisotopic (exact) mass is 475 g/mol. The second kappa shape index (κ2) is 14.2. The molecule has 0 amide bonds. The van der Waals surface area contributed by atoms with Crippen molar-refractivity contribution in [3.05, 3.63) is 35.9 Å². The average Bonchev–Trinajstić information content (AvgIpc) is 2.64. The Kier molecular flexibility index (Phi) is 12.7. The molecule has 0 saturated heterocycles. The zero-order valence-electron chi connectivity index (χ0n) is 15.8. The summed E-state index contributed by atoms with van der Waals surface area (Å²) in [6, 6.07) is 10.7. The van der Waals surface area contributed by atoms with Crippen LogP contribution in [0.25, 0.3) is 0 Å². The van der Waals surface area contributed by atoms with Crippen molar-refractivity contribution in [1.82, 2.24) is 10.6 Å². The van der Waals surface area contributed by atoms with Crippen LogP contribution in [0.15, 0.2) is 35.3 Å². The lowest BCUT2D eigenvalue weighted by Gasteiger charge is -2.27. The van der Waals surface area contributed by atoms with Gasteiger partial charge in [0.15, 0.2) is 5.96 Å². The standard InChI is InChI=1S/C20H33N3O2.HI/c1-2-21-20(23-18-10-12-19(24)13-11-18)22-14-6-7-15-25-16-17-8-4-3-5-9-17;/h3-5,8-9,18-19,24H,2,6-7,10-16H2,1H3,(H2,21,22,23);1H. The van der Waals surface area contributed by atoms with Gasteiger partial charge in [0, 0.05) is 25.7 Å². The van der Waals surface area contributed by atoms with Gasteiger partial charge in [-0.15, -0.1) is 24.0 Å². The molecule has 6 heteroatoms. The topological polar surface area (TPSA) is 65.9 Å². The van der Waals surface area contributed by atoms with E-state index in [-0.39, 0.29) is 30.1 Å². The van der Waals surface area contributed by atoms with Crippen LogP contribution in [0.4, 0.5) is 0 Å². The number of rotatable bonds is 9. The highest BCUT2D eigenvalue weighted by Gasteiger charge is 2.19. The molecule has 0 atom stereocenters. The van der Waals surface area contributed by atoms with Gasteiger partial charge in [-0.1, -0.05) is 30.3 Å². The van der Waals surface area contributed by atoms with Gasteiger partial charge < -0.3 is 20.5 Å². The first-order chi connectivity index (χ1) is 12.3. The molecule has 148 valence electrons. The van der Waals surface area contributed by atoms with E-state index in [0.717, 1.165) is 64.2 Å². The summed E-state index contributed by atoms with van der Waals surface area (Å²) in [5, 5.41) is 16.4. The number of guanidine groups is 1. The van der Waals surface area contributed by atoms with E-state index in [1.165, 1.54) is 5.56 Å². The Morgan fingerprint density at radius 2 is 1.88 bits per heavy atom. The van der Waals surface area contributed by atoms with Crippen molar-refractivity contribution in [2.75, 3.05) is 19.7 Å². The molecule has 0 aromatic heterocycles. The summed E-state index contributed by atoms with van der Waals surface area (Å²) in [7, 11) is 0. The lowest BCUT2D eigenvalue weighted by Crippen LogP contribution is -2.45. The van der Waals surface area contributed by atoms with Gasteiger partial charge in [-0.2, -0.15) is 0 Å². The van der Waals surface area contributed by atoms with Gasteiger partial charge in [-0.25, -0.2) is 0 Å². The third-order valence-corrected chi connectivity index (χ3v) is 4.46. The molecule has 2 rings (SSSR count). The van der Waals surface area contributed by atoms with E-state index in [9.17, 15) is 5.11 Å². The first kappa shape index (κ1) is 23.2. The predicted octanol–water partition coefficient (Wildman–Crippen LogP) is 3.46. The normalized spacial score (nSPS) is 20.3. The molecule has 0 aliphatic heterocycles. The third-order valence-electron chi connectivity index (χ3n) is 4.46. The fourth-order valence-electron chi connectivity index (χ4n) is 3.00. The minimum absolute atomic E-state index is 0. The minimum Gasteiger partial charge on any atom is -0.393 e.